The van der Waals surface area contributed by atoms with Crippen LogP contribution >= 0.6 is 0 Å². The minimum atomic E-state index is -3.68. The van der Waals surface area contributed by atoms with Crippen LogP contribution in [-0.4, -0.2) is 44.7 Å². The molecule has 30 heavy (non-hydrogen) atoms. The number of aryl methyl sites for hydroxylation is 1. The van der Waals surface area contributed by atoms with E-state index in [0.717, 1.165) is 5.56 Å². The van der Waals surface area contributed by atoms with E-state index in [1.165, 1.54) is 11.4 Å². The summed E-state index contributed by atoms with van der Waals surface area (Å²) in [5.41, 5.74) is 6.03. The van der Waals surface area contributed by atoms with Crippen molar-refractivity contribution in [1.29, 1.82) is 0 Å². The van der Waals surface area contributed by atoms with E-state index in [-0.39, 0.29) is 17.0 Å². The molecule has 0 aromatic heterocycles. The molecule has 1 aliphatic heterocycles. The molecular formula is C21H25N3O5S. The molecule has 2 amide bonds. The first-order valence-electron chi connectivity index (χ1n) is 9.63. The largest absolute Gasteiger partial charge is 0.496 e. The second kappa shape index (κ2) is 9.27. The van der Waals surface area contributed by atoms with Crippen LogP contribution in [0.3, 0.4) is 0 Å². The van der Waals surface area contributed by atoms with E-state index in [1.54, 1.807) is 48.5 Å². The molecule has 0 aliphatic carbocycles. The van der Waals surface area contributed by atoms with Crippen molar-refractivity contribution in [2.45, 2.75) is 24.7 Å². The molecule has 1 fully saturated rings. The van der Waals surface area contributed by atoms with Gasteiger partial charge in [0.05, 0.1) is 23.5 Å². The summed E-state index contributed by atoms with van der Waals surface area (Å²) in [7, 11) is -2.22. The molecule has 1 saturated heterocycles. The molecule has 1 aliphatic rings. The number of methoxy groups -OCH3 is 1. The van der Waals surface area contributed by atoms with Crippen LogP contribution in [0.4, 0.5) is 0 Å². The van der Waals surface area contributed by atoms with Gasteiger partial charge in [0.2, 0.25) is 15.9 Å². The number of hydrogen-bond acceptors (Lipinski definition) is 5. The summed E-state index contributed by atoms with van der Waals surface area (Å²) in [5, 5.41) is 0. The molecule has 0 spiro atoms. The second-order valence-corrected chi connectivity index (χ2v) is 9.10. The summed E-state index contributed by atoms with van der Waals surface area (Å²) < 4.78 is 32.3. The molecule has 9 heteroatoms. The molecule has 2 N–H and O–H groups in total. The molecule has 2 aromatic rings. The third-order valence-electron chi connectivity index (χ3n) is 5.06. The Morgan fingerprint density at radius 2 is 1.77 bits per heavy atom. The van der Waals surface area contributed by atoms with Crippen molar-refractivity contribution >= 4 is 21.8 Å². The van der Waals surface area contributed by atoms with Crippen molar-refractivity contribution in [2.24, 2.45) is 5.92 Å². The Bertz CT molecular complexity index is 1020. The number of nitrogens with one attached hydrogen (secondary N) is 2. The average molecular weight is 432 g/mol. The van der Waals surface area contributed by atoms with Crippen LogP contribution in [0.2, 0.25) is 0 Å². The van der Waals surface area contributed by atoms with E-state index in [9.17, 15) is 18.0 Å². The van der Waals surface area contributed by atoms with Crippen molar-refractivity contribution in [2.75, 3.05) is 20.2 Å². The number of rotatable bonds is 5. The lowest BCUT2D eigenvalue weighted by molar-refractivity contribution is -0.126. The standard InChI is InChI=1S/C21H25N3O5S/c1-15-9-11-17(12-10-15)30(27,28)24-13-5-6-16(14-24)20(25)22-23-21(26)18-7-3-4-8-19(18)29-2/h3-4,7-12,16H,5-6,13-14H2,1-2H3,(H,22,25)(H,23,26)/t16-/m0/s1. The fraction of sp³-hybridized carbons (Fsp3) is 0.333. The van der Waals surface area contributed by atoms with E-state index in [1.807, 2.05) is 6.92 Å². The predicted octanol–water partition coefficient (Wildman–Crippen LogP) is 1.87. The van der Waals surface area contributed by atoms with E-state index < -0.39 is 27.8 Å². The third-order valence-corrected chi connectivity index (χ3v) is 6.94. The molecule has 0 saturated carbocycles. The highest BCUT2D eigenvalue weighted by molar-refractivity contribution is 7.89. The first kappa shape index (κ1) is 21.8. The monoisotopic (exact) mass is 431 g/mol. The van der Waals surface area contributed by atoms with Crippen molar-refractivity contribution in [1.82, 2.24) is 15.2 Å². The molecule has 0 bridgehead atoms. The van der Waals surface area contributed by atoms with E-state index in [4.69, 9.17) is 4.74 Å². The van der Waals surface area contributed by atoms with Crippen molar-refractivity contribution < 1.29 is 22.7 Å². The Morgan fingerprint density at radius 3 is 2.47 bits per heavy atom. The Labute approximate surface area is 176 Å². The summed E-state index contributed by atoms with van der Waals surface area (Å²) >= 11 is 0. The van der Waals surface area contributed by atoms with Crippen LogP contribution in [-0.2, 0) is 14.8 Å². The van der Waals surface area contributed by atoms with Crippen molar-refractivity contribution in [3.63, 3.8) is 0 Å². The minimum Gasteiger partial charge on any atom is -0.496 e. The van der Waals surface area contributed by atoms with Gasteiger partial charge >= 0.3 is 0 Å². The SMILES string of the molecule is COc1ccccc1C(=O)NNC(=O)[C@H]1CCCN(S(=O)(=O)c2ccc(C)cc2)C1. The smallest absolute Gasteiger partial charge is 0.273 e. The Kier molecular flexibility index (Phi) is 6.73. The summed E-state index contributed by atoms with van der Waals surface area (Å²) in [4.78, 5) is 25.1. The van der Waals surface area contributed by atoms with E-state index >= 15 is 0 Å². The number of para-hydroxylation sites is 1. The normalized spacial score (nSPS) is 17.2. The van der Waals surface area contributed by atoms with E-state index in [2.05, 4.69) is 10.9 Å². The van der Waals surface area contributed by atoms with Gasteiger partial charge < -0.3 is 4.74 Å². The number of ether oxygens (including phenoxy) is 1. The highest BCUT2D eigenvalue weighted by Gasteiger charge is 2.33. The number of hydrazine groups is 1. The van der Waals surface area contributed by atoms with Crippen LogP contribution in [0.15, 0.2) is 53.4 Å². The number of carbonyl (C=O) groups excluding carboxylic acids is 2. The number of carbonyl (C=O) groups is 2. The first-order chi connectivity index (χ1) is 14.3. The number of hydrogen-bond donors (Lipinski definition) is 2. The maximum absolute atomic E-state index is 12.9. The van der Waals surface area contributed by atoms with Gasteiger partial charge in [0, 0.05) is 13.1 Å². The van der Waals surface area contributed by atoms with Gasteiger partial charge in [-0.1, -0.05) is 29.8 Å². The molecular weight excluding hydrogens is 406 g/mol. The van der Waals surface area contributed by atoms with Gasteiger partial charge in [0.15, 0.2) is 0 Å². The van der Waals surface area contributed by atoms with Gasteiger partial charge in [-0.25, -0.2) is 8.42 Å². The zero-order valence-electron chi connectivity index (χ0n) is 16.9. The Morgan fingerprint density at radius 1 is 1.07 bits per heavy atom. The van der Waals surface area contributed by atoms with Crippen LogP contribution in [0.5, 0.6) is 5.75 Å². The second-order valence-electron chi connectivity index (χ2n) is 7.16. The average Bonchev–Trinajstić information content (AvgIpc) is 2.77. The zero-order chi connectivity index (χ0) is 21.7. The van der Waals surface area contributed by atoms with Crippen LogP contribution in [0.25, 0.3) is 0 Å². The fourth-order valence-electron chi connectivity index (χ4n) is 3.35. The number of benzene rings is 2. The number of sulfonamides is 1. The molecule has 160 valence electrons. The molecule has 1 heterocycles. The predicted molar refractivity (Wildman–Crippen MR) is 111 cm³/mol. The van der Waals surface area contributed by atoms with Gasteiger partial charge in [0.1, 0.15) is 5.75 Å². The summed E-state index contributed by atoms with van der Waals surface area (Å²) in [5.74, 6) is -1.11. The van der Waals surface area contributed by atoms with Gasteiger partial charge in [-0.15, -0.1) is 0 Å². The number of amides is 2. The minimum absolute atomic E-state index is 0.0621. The lowest BCUT2D eigenvalue weighted by atomic mass is 9.99. The topological polar surface area (TPSA) is 105 Å². The maximum atomic E-state index is 12.9. The molecule has 2 aromatic carbocycles. The molecule has 3 rings (SSSR count). The maximum Gasteiger partial charge on any atom is 0.273 e. The number of piperidine rings is 1. The van der Waals surface area contributed by atoms with Crippen molar-refractivity contribution in [3.8, 4) is 5.75 Å². The van der Waals surface area contributed by atoms with Gasteiger partial charge in [-0.3, -0.25) is 20.4 Å². The Hall–Kier alpha value is -2.91. The Balaban J connectivity index is 1.63. The zero-order valence-corrected chi connectivity index (χ0v) is 17.7. The molecule has 8 nitrogen and oxygen atoms in total. The highest BCUT2D eigenvalue weighted by Crippen LogP contribution is 2.24. The van der Waals surface area contributed by atoms with Crippen LogP contribution in [0.1, 0.15) is 28.8 Å². The quantitative estimate of drug-likeness (QED) is 0.703. The highest BCUT2D eigenvalue weighted by atomic mass is 32.2. The van der Waals surface area contributed by atoms with Crippen molar-refractivity contribution in [3.05, 3.63) is 59.7 Å². The molecule has 0 radical (unpaired) electrons. The molecule has 0 unspecified atom stereocenters. The van der Waals surface area contributed by atoms with Gasteiger partial charge in [-0.2, -0.15) is 4.31 Å². The van der Waals surface area contributed by atoms with E-state index in [0.29, 0.717) is 25.1 Å². The molecule has 1 atom stereocenters. The number of nitrogens with zero attached hydrogens (tertiary/aromatic N) is 1. The third kappa shape index (κ3) is 4.80. The fourth-order valence-corrected chi connectivity index (χ4v) is 4.88. The summed E-state index contributed by atoms with van der Waals surface area (Å²) in [6, 6.07) is 13.3. The van der Waals surface area contributed by atoms with Gasteiger partial charge in [-0.05, 0) is 44.0 Å². The van der Waals surface area contributed by atoms with Crippen LogP contribution in [0, 0.1) is 12.8 Å². The van der Waals surface area contributed by atoms with Crippen LogP contribution < -0.4 is 15.6 Å². The lowest BCUT2D eigenvalue weighted by Gasteiger charge is -2.31. The summed E-state index contributed by atoms with van der Waals surface area (Å²) in [6.45, 7) is 2.30. The summed E-state index contributed by atoms with van der Waals surface area (Å²) in [6.07, 6.45) is 1.10. The first-order valence-corrected chi connectivity index (χ1v) is 11.1. The van der Waals surface area contributed by atoms with Gasteiger partial charge in [0.25, 0.3) is 5.91 Å². The lowest BCUT2D eigenvalue weighted by Crippen LogP contribution is -2.50.